The smallest absolute Gasteiger partial charge is 0.251 e. The molecule has 1 aliphatic rings. The van der Waals surface area contributed by atoms with Gasteiger partial charge >= 0.3 is 0 Å². The van der Waals surface area contributed by atoms with Crippen molar-refractivity contribution in [3.8, 4) is 0 Å². The Morgan fingerprint density at radius 2 is 1.73 bits per heavy atom. The lowest BCUT2D eigenvalue weighted by molar-refractivity contribution is -0.124. The van der Waals surface area contributed by atoms with E-state index >= 15 is 0 Å². The van der Waals surface area contributed by atoms with Crippen molar-refractivity contribution in [2.45, 2.75) is 51.6 Å². The van der Waals surface area contributed by atoms with Gasteiger partial charge in [0.25, 0.3) is 5.91 Å². The zero-order valence-electron chi connectivity index (χ0n) is 13.1. The number of benzene rings is 1. The van der Waals surface area contributed by atoms with Crippen molar-refractivity contribution < 1.29 is 9.59 Å². The van der Waals surface area contributed by atoms with E-state index in [1.807, 2.05) is 26.0 Å². The summed E-state index contributed by atoms with van der Waals surface area (Å²) in [6.07, 6.45) is 4.42. The Kier molecular flexibility index (Phi) is 6.00. The van der Waals surface area contributed by atoms with Gasteiger partial charge in [-0.15, -0.1) is 0 Å². The standard InChI is InChI=1S/C17H23BrN2O2/c1-11(2)15(17(22)19-14-5-3-4-6-14)20-16(21)12-7-9-13(18)10-8-12/h7-11,14-15H,3-6H2,1-2H3,(H,19,22)(H,20,21). The maximum absolute atomic E-state index is 12.4. The van der Waals surface area contributed by atoms with Crippen LogP contribution in [0.3, 0.4) is 0 Å². The van der Waals surface area contributed by atoms with Crippen molar-refractivity contribution in [2.75, 3.05) is 0 Å². The molecule has 0 heterocycles. The quantitative estimate of drug-likeness (QED) is 0.839. The van der Waals surface area contributed by atoms with Gasteiger partial charge in [0.15, 0.2) is 0 Å². The van der Waals surface area contributed by atoms with Gasteiger partial charge in [-0.1, -0.05) is 42.6 Å². The number of hydrogen-bond donors (Lipinski definition) is 2. The highest BCUT2D eigenvalue weighted by Crippen LogP contribution is 2.18. The predicted molar refractivity (Wildman–Crippen MR) is 90.6 cm³/mol. The van der Waals surface area contributed by atoms with Crippen molar-refractivity contribution in [2.24, 2.45) is 5.92 Å². The van der Waals surface area contributed by atoms with Crippen LogP contribution in [0.5, 0.6) is 0 Å². The summed E-state index contributed by atoms with van der Waals surface area (Å²) >= 11 is 3.34. The Morgan fingerprint density at radius 1 is 1.14 bits per heavy atom. The maximum atomic E-state index is 12.4. The zero-order valence-corrected chi connectivity index (χ0v) is 14.7. The molecule has 0 saturated heterocycles. The maximum Gasteiger partial charge on any atom is 0.251 e. The number of nitrogens with one attached hydrogen (secondary N) is 2. The molecule has 1 saturated carbocycles. The van der Waals surface area contributed by atoms with Crippen LogP contribution in [0.25, 0.3) is 0 Å². The summed E-state index contributed by atoms with van der Waals surface area (Å²) in [4.78, 5) is 24.7. The Bertz CT molecular complexity index is 522. The molecule has 5 heteroatoms. The van der Waals surface area contributed by atoms with Crippen LogP contribution in [0.4, 0.5) is 0 Å². The molecule has 0 bridgehead atoms. The molecule has 1 aliphatic carbocycles. The largest absolute Gasteiger partial charge is 0.352 e. The number of amides is 2. The minimum absolute atomic E-state index is 0.0424. The van der Waals surface area contributed by atoms with E-state index in [1.54, 1.807) is 12.1 Å². The van der Waals surface area contributed by atoms with E-state index in [4.69, 9.17) is 0 Å². The molecular formula is C17H23BrN2O2. The van der Waals surface area contributed by atoms with Crippen molar-refractivity contribution in [3.63, 3.8) is 0 Å². The number of rotatable bonds is 5. The highest BCUT2D eigenvalue weighted by atomic mass is 79.9. The molecule has 1 fully saturated rings. The lowest BCUT2D eigenvalue weighted by Gasteiger charge is -2.24. The van der Waals surface area contributed by atoms with Crippen molar-refractivity contribution in [3.05, 3.63) is 34.3 Å². The molecule has 0 spiro atoms. The van der Waals surface area contributed by atoms with Crippen LogP contribution in [0.1, 0.15) is 49.9 Å². The molecule has 0 aliphatic heterocycles. The SMILES string of the molecule is CC(C)C(NC(=O)c1ccc(Br)cc1)C(=O)NC1CCCC1. The Hall–Kier alpha value is -1.36. The second kappa shape index (κ2) is 7.77. The monoisotopic (exact) mass is 366 g/mol. The Labute approximate surface area is 140 Å². The second-order valence-electron chi connectivity index (χ2n) is 6.19. The molecule has 0 radical (unpaired) electrons. The fourth-order valence-electron chi connectivity index (χ4n) is 2.72. The van der Waals surface area contributed by atoms with Crippen LogP contribution >= 0.6 is 15.9 Å². The summed E-state index contributed by atoms with van der Waals surface area (Å²) in [5, 5.41) is 5.92. The van der Waals surface area contributed by atoms with Crippen LogP contribution in [-0.4, -0.2) is 23.9 Å². The van der Waals surface area contributed by atoms with Gasteiger partial charge < -0.3 is 10.6 Å². The van der Waals surface area contributed by atoms with Gasteiger partial charge in [-0.3, -0.25) is 9.59 Å². The van der Waals surface area contributed by atoms with Gasteiger partial charge in [-0.25, -0.2) is 0 Å². The molecule has 120 valence electrons. The van der Waals surface area contributed by atoms with E-state index in [2.05, 4.69) is 26.6 Å². The molecule has 1 atom stereocenters. The molecule has 1 aromatic carbocycles. The summed E-state index contributed by atoms with van der Waals surface area (Å²) in [6.45, 7) is 3.89. The van der Waals surface area contributed by atoms with E-state index < -0.39 is 6.04 Å². The lowest BCUT2D eigenvalue weighted by atomic mass is 10.0. The Balaban J connectivity index is 1.99. The van der Waals surface area contributed by atoms with Gasteiger partial charge in [0.1, 0.15) is 6.04 Å². The third kappa shape index (κ3) is 4.57. The van der Waals surface area contributed by atoms with Crippen molar-refractivity contribution in [1.29, 1.82) is 0 Å². The first-order valence-electron chi connectivity index (χ1n) is 7.84. The first kappa shape index (κ1) is 17.0. The molecule has 2 N–H and O–H groups in total. The molecule has 0 aromatic heterocycles. The normalized spacial score (nSPS) is 16.5. The van der Waals surface area contributed by atoms with Gasteiger partial charge in [-0.05, 0) is 43.0 Å². The molecule has 1 aromatic rings. The molecule has 2 rings (SSSR count). The summed E-state index contributed by atoms with van der Waals surface area (Å²) in [7, 11) is 0. The molecule has 4 nitrogen and oxygen atoms in total. The summed E-state index contributed by atoms with van der Waals surface area (Å²) in [5.74, 6) is -0.249. The van der Waals surface area contributed by atoms with Gasteiger partial charge in [0.2, 0.25) is 5.91 Å². The third-order valence-electron chi connectivity index (χ3n) is 4.04. The molecule has 2 amide bonds. The van der Waals surface area contributed by atoms with Crippen LogP contribution in [0.2, 0.25) is 0 Å². The number of carbonyl (C=O) groups is 2. The minimum atomic E-state index is -0.503. The lowest BCUT2D eigenvalue weighted by Crippen LogP contribution is -2.51. The zero-order chi connectivity index (χ0) is 16.1. The fraction of sp³-hybridized carbons (Fsp3) is 0.529. The van der Waals surface area contributed by atoms with Gasteiger partial charge in [-0.2, -0.15) is 0 Å². The van der Waals surface area contributed by atoms with E-state index in [-0.39, 0.29) is 23.8 Å². The number of carbonyl (C=O) groups excluding carboxylic acids is 2. The predicted octanol–water partition coefficient (Wildman–Crippen LogP) is 3.26. The van der Waals surface area contributed by atoms with E-state index in [1.165, 1.54) is 12.8 Å². The van der Waals surface area contributed by atoms with E-state index in [0.717, 1.165) is 17.3 Å². The van der Waals surface area contributed by atoms with Crippen LogP contribution < -0.4 is 10.6 Å². The summed E-state index contributed by atoms with van der Waals surface area (Å²) < 4.78 is 0.920. The number of hydrogen-bond acceptors (Lipinski definition) is 2. The van der Waals surface area contributed by atoms with E-state index in [9.17, 15) is 9.59 Å². The van der Waals surface area contributed by atoms with Crippen molar-refractivity contribution in [1.82, 2.24) is 10.6 Å². The summed E-state index contributed by atoms with van der Waals surface area (Å²) in [5.41, 5.74) is 0.558. The topological polar surface area (TPSA) is 58.2 Å². The fourth-order valence-corrected chi connectivity index (χ4v) is 2.99. The average Bonchev–Trinajstić information content (AvgIpc) is 2.97. The van der Waals surface area contributed by atoms with Crippen LogP contribution in [0.15, 0.2) is 28.7 Å². The van der Waals surface area contributed by atoms with Crippen molar-refractivity contribution >= 4 is 27.7 Å². The first-order chi connectivity index (χ1) is 10.5. The second-order valence-corrected chi connectivity index (χ2v) is 7.11. The van der Waals surface area contributed by atoms with E-state index in [0.29, 0.717) is 5.56 Å². The minimum Gasteiger partial charge on any atom is -0.352 e. The summed E-state index contributed by atoms with van der Waals surface area (Å²) in [6, 6.07) is 6.88. The van der Waals surface area contributed by atoms with Crippen LogP contribution in [-0.2, 0) is 4.79 Å². The molecule has 1 unspecified atom stereocenters. The third-order valence-corrected chi connectivity index (χ3v) is 4.57. The number of halogens is 1. The highest BCUT2D eigenvalue weighted by molar-refractivity contribution is 9.10. The molecule has 22 heavy (non-hydrogen) atoms. The van der Waals surface area contributed by atoms with Gasteiger partial charge in [0.05, 0.1) is 0 Å². The Morgan fingerprint density at radius 3 is 2.27 bits per heavy atom. The van der Waals surface area contributed by atoms with Crippen LogP contribution in [0, 0.1) is 5.92 Å². The molecular weight excluding hydrogens is 344 g/mol. The highest BCUT2D eigenvalue weighted by Gasteiger charge is 2.27. The first-order valence-corrected chi connectivity index (χ1v) is 8.63. The van der Waals surface area contributed by atoms with Gasteiger partial charge in [0, 0.05) is 16.1 Å². The average molecular weight is 367 g/mol.